The molecule has 1 amide bonds. The highest BCUT2D eigenvalue weighted by Gasteiger charge is 2.38. The van der Waals surface area contributed by atoms with Crippen molar-refractivity contribution in [3.05, 3.63) is 35.6 Å². The average Bonchev–Trinajstić information content (AvgIpc) is 2.70. The van der Waals surface area contributed by atoms with Gasteiger partial charge in [0.15, 0.2) is 0 Å². The highest BCUT2D eigenvalue weighted by molar-refractivity contribution is 5.84. The monoisotopic (exact) mass is 279 g/mol. The fourth-order valence-corrected chi connectivity index (χ4v) is 2.71. The molecule has 0 spiro atoms. The molecule has 20 heavy (non-hydrogen) atoms. The van der Waals surface area contributed by atoms with Gasteiger partial charge in [-0.05, 0) is 31.5 Å². The normalized spacial score (nSPS) is 20.1. The Kier molecular flexibility index (Phi) is 4.73. The zero-order valence-electron chi connectivity index (χ0n) is 11.9. The van der Waals surface area contributed by atoms with Crippen LogP contribution in [0, 0.1) is 5.82 Å². The summed E-state index contributed by atoms with van der Waals surface area (Å²) in [5, 5.41) is 3.30. The van der Waals surface area contributed by atoms with Gasteiger partial charge in [-0.1, -0.05) is 18.2 Å². The van der Waals surface area contributed by atoms with Crippen molar-refractivity contribution < 1.29 is 9.18 Å². The quantitative estimate of drug-likeness (QED) is 0.861. The number of hydrogen-bond acceptors (Lipinski definition) is 3. The van der Waals surface area contributed by atoms with Crippen LogP contribution in [0.2, 0.25) is 0 Å². The van der Waals surface area contributed by atoms with Crippen molar-refractivity contribution in [3.63, 3.8) is 0 Å². The molecular formula is C15H22FN3O. The minimum Gasteiger partial charge on any atom is -0.368 e. The zero-order valence-corrected chi connectivity index (χ0v) is 11.9. The maximum atomic E-state index is 13.8. The van der Waals surface area contributed by atoms with Gasteiger partial charge in [0, 0.05) is 26.1 Å². The summed E-state index contributed by atoms with van der Waals surface area (Å²) < 4.78 is 13.8. The van der Waals surface area contributed by atoms with Crippen LogP contribution in [0.25, 0.3) is 0 Å². The first-order valence-corrected chi connectivity index (χ1v) is 7.03. The molecule has 0 saturated carbocycles. The van der Waals surface area contributed by atoms with Crippen LogP contribution in [0.3, 0.4) is 0 Å². The molecule has 3 N–H and O–H groups in total. The lowest BCUT2D eigenvalue weighted by molar-refractivity contribution is -0.129. The number of nitrogens with one attached hydrogen (secondary N) is 1. The summed E-state index contributed by atoms with van der Waals surface area (Å²) in [7, 11) is 0. The van der Waals surface area contributed by atoms with E-state index in [1.54, 1.807) is 18.2 Å². The Labute approximate surface area is 119 Å². The van der Waals surface area contributed by atoms with Gasteiger partial charge in [0.25, 0.3) is 0 Å². The highest BCUT2D eigenvalue weighted by Crippen LogP contribution is 2.23. The van der Waals surface area contributed by atoms with E-state index < -0.39 is 11.4 Å². The first-order valence-electron chi connectivity index (χ1n) is 7.03. The van der Waals surface area contributed by atoms with Crippen LogP contribution in [-0.4, -0.2) is 42.5 Å². The minimum atomic E-state index is -0.853. The fourth-order valence-electron chi connectivity index (χ4n) is 2.71. The number of primary amides is 1. The summed E-state index contributed by atoms with van der Waals surface area (Å²) in [6.07, 6.45) is 1.26. The van der Waals surface area contributed by atoms with Gasteiger partial charge in [-0.2, -0.15) is 0 Å². The predicted octanol–water partition coefficient (Wildman–Crippen LogP) is 0.907. The van der Waals surface area contributed by atoms with E-state index in [1.165, 1.54) is 6.07 Å². The fraction of sp³-hybridized carbons (Fsp3) is 0.533. The Hall–Kier alpha value is -1.46. The van der Waals surface area contributed by atoms with Crippen molar-refractivity contribution in [2.75, 3.05) is 26.2 Å². The van der Waals surface area contributed by atoms with E-state index in [0.717, 1.165) is 32.6 Å². The molecule has 110 valence electrons. The Balaban J connectivity index is 2.24. The molecular weight excluding hydrogens is 257 g/mol. The van der Waals surface area contributed by atoms with E-state index in [0.29, 0.717) is 12.0 Å². The summed E-state index contributed by atoms with van der Waals surface area (Å²) in [4.78, 5) is 14.1. The third-order valence-corrected chi connectivity index (χ3v) is 4.06. The number of carbonyl (C=O) groups is 1. The van der Waals surface area contributed by atoms with Crippen molar-refractivity contribution >= 4 is 5.91 Å². The van der Waals surface area contributed by atoms with Gasteiger partial charge in [-0.15, -0.1) is 0 Å². The van der Waals surface area contributed by atoms with Gasteiger partial charge in [-0.25, -0.2) is 4.39 Å². The number of rotatable bonds is 4. The van der Waals surface area contributed by atoms with Gasteiger partial charge in [0.2, 0.25) is 5.91 Å². The Morgan fingerprint density at radius 3 is 2.85 bits per heavy atom. The second-order valence-corrected chi connectivity index (χ2v) is 5.50. The number of benzene rings is 1. The van der Waals surface area contributed by atoms with Crippen molar-refractivity contribution in [1.82, 2.24) is 10.2 Å². The average molecular weight is 279 g/mol. The smallest absolute Gasteiger partial charge is 0.238 e. The second kappa shape index (κ2) is 6.33. The van der Waals surface area contributed by atoms with E-state index in [2.05, 4.69) is 10.2 Å². The third kappa shape index (κ3) is 3.16. The van der Waals surface area contributed by atoms with E-state index in [9.17, 15) is 9.18 Å². The Morgan fingerprint density at radius 2 is 2.15 bits per heavy atom. The summed E-state index contributed by atoms with van der Waals surface area (Å²) in [6.45, 7) is 5.10. The summed E-state index contributed by atoms with van der Waals surface area (Å²) >= 11 is 0. The van der Waals surface area contributed by atoms with E-state index in [1.807, 2.05) is 6.92 Å². The first kappa shape index (κ1) is 14.9. The van der Waals surface area contributed by atoms with Crippen LogP contribution < -0.4 is 11.1 Å². The second-order valence-electron chi connectivity index (χ2n) is 5.50. The largest absolute Gasteiger partial charge is 0.368 e. The van der Waals surface area contributed by atoms with Crippen molar-refractivity contribution in [1.29, 1.82) is 0 Å². The summed E-state index contributed by atoms with van der Waals surface area (Å²) in [6, 6.07) is 6.56. The van der Waals surface area contributed by atoms with Gasteiger partial charge in [0.05, 0.1) is 0 Å². The van der Waals surface area contributed by atoms with Gasteiger partial charge in [-0.3, -0.25) is 9.69 Å². The summed E-state index contributed by atoms with van der Waals surface area (Å²) in [5.74, 6) is -0.685. The minimum absolute atomic E-state index is 0.284. The molecule has 0 radical (unpaired) electrons. The van der Waals surface area contributed by atoms with E-state index >= 15 is 0 Å². The molecule has 4 nitrogen and oxygen atoms in total. The molecule has 1 heterocycles. The molecule has 0 aromatic heterocycles. The molecule has 2 rings (SSSR count). The maximum absolute atomic E-state index is 13.8. The van der Waals surface area contributed by atoms with Crippen LogP contribution >= 0.6 is 0 Å². The molecule has 1 unspecified atom stereocenters. The van der Waals surface area contributed by atoms with E-state index in [4.69, 9.17) is 5.73 Å². The lowest BCUT2D eigenvalue weighted by atomic mass is 9.89. The summed E-state index contributed by atoms with van der Waals surface area (Å²) in [5.41, 5.74) is 5.31. The highest BCUT2D eigenvalue weighted by atomic mass is 19.1. The maximum Gasteiger partial charge on any atom is 0.238 e. The van der Waals surface area contributed by atoms with Crippen LogP contribution in [0.15, 0.2) is 24.3 Å². The van der Waals surface area contributed by atoms with Crippen molar-refractivity contribution in [2.24, 2.45) is 5.73 Å². The number of nitrogens with two attached hydrogens (primary N) is 1. The first-order chi connectivity index (χ1) is 9.54. The molecule has 1 saturated heterocycles. The lowest BCUT2D eigenvalue weighted by Crippen LogP contribution is -2.57. The standard InChI is InChI=1S/C15H22FN3O/c1-15(14(17)20,19-9-4-7-18-8-10-19)11-12-5-2-3-6-13(12)16/h2-3,5-6,18H,4,7-11H2,1H3,(H2,17,20). The Morgan fingerprint density at radius 1 is 1.40 bits per heavy atom. The number of halogens is 1. The van der Waals surface area contributed by atoms with Crippen molar-refractivity contribution in [3.8, 4) is 0 Å². The number of nitrogens with zero attached hydrogens (tertiary/aromatic N) is 1. The van der Waals surface area contributed by atoms with Crippen LogP contribution in [0.4, 0.5) is 4.39 Å². The zero-order chi connectivity index (χ0) is 14.6. The molecule has 1 atom stereocenters. The molecule has 1 aliphatic heterocycles. The van der Waals surface area contributed by atoms with Crippen LogP contribution in [0.5, 0.6) is 0 Å². The van der Waals surface area contributed by atoms with E-state index in [-0.39, 0.29) is 5.82 Å². The van der Waals surface area contributed by atoms with Gasteiger partial charge < -0.3 is 11.1 Å². The Bertz CT molecular complexity index is 472. The van der Waals surface area contributed by atoms with Crippen LogP contribution in [-0.2, 0) is 11.2 Å². The van der Waals surface area contributed by atoms with Crippen molar-refractivity contribution in [2.45, 2.75) is 25.3 Å². The molecule has 0 bridgehead atoms. The molecule has 1 fully saturated rings. The predicted molar refractivity (Wildman–Crippen MR) is 76.8 cm³/mol. The van der Waals surface area contributed by atoms with Gasteiger partial charge >= 0.3 is 0 Å². The lowest BCUT2D eigenvalue weighted by Gasteiger charge is -2.38. The third-order valence-electron chi connectivity index (χ3n) is 4.06. The molecule has 0 aliphatic carbocycles. The number of amides is 1. The topological polar surface area (TPSA) is 58.4 Å². The molecule has 5 heteroatoms. The SMILES string of the molecule is CC(Cc1ccccc1F)(C(N)=O)N1CCCNCC1. The molecule has 1 aromatic carbocycles. The van der Waals surface area contributed by atoms with Crippen LogP contribution in [0.1, 0.15) is 18.9 Å². The van der Waals surface area contributed by atoms with Gasteiger partial charge in [0.1, 0.15) is 11.4 Å². The number of carbonyl (C=O) groups excluding carboxylic acids is 1. The molecule has 1 aliphatic rings. The molecule has 1 aromatic rings. The number of hydrogen-bond donors (Lipinski definition) is 2.